The molecule has 5 heteroatoms. The van der Waals surface area contributed by atoms with Crippen LogP contribution in [0.15, 0.2) is 11.1 Å². The lowest BCUT2D eigenvalue weighted by Gasteiger charge is -2.39. The molecule has 0 atom stereocenters. The molecule has 1 aliphatic carbocycles. The molecule has 17 heavy (non-hydrogen) atoms. The number of fused-ring (bicyclic) bond motifs is 1. The number of hydrogen-bond donors (Lipinski definition) is 2. The van der Waals surface area contributed by atoms with Crippen LogP contribution < -0.4 is 4.90 Å². The second-order valence-corrected chi connectivity index (χ2v) is 6.51. The van der Waals surface area contributed by atoms with E-state index in [0.29, 0.717) is 5.69 Å². The van der Waals surface area contributed by atoms with Gasteiger partial charge in [-0.15, -0.1) is 11.8 Å². The van der Waals surface area contributed by atoms with Crippen LogP contribution in [0.2, 0.25) is 0 Å². The van der Waals surface area contributed by atoms with Crippen molar-refractivity contribution in [2.24, 2.45) is 0 Å². The van der Waals surface area contributed by atoms with Gasteiger partial charge in [0.05, 0.1) is 10.6 Å². The lowest BCUT2D eigenvalue weighted by atomic mass is 10.1. The Hall–Kier alpha value is -1.10. The highest BCUT2D eigenvalue weighted by atomic mass is 32.2. The van der Waals surface area contributed by atoms with Crippen molar-refractivity contribution in [3.8, 4) is 0 Å². The maximum Gasteiger partial charge on any atom is 0.353 e. The van der Waals surface area contributed by atoms with Gasteiger partial charge in [0.25, 0.3) is 0 Å². The lowest BCUT2D eigenvalue weighted by molar-refractivity contribution is 0.0687. The summed E-state index contributed by atoms with van der Waals surface area (Å²) in [7, 11) is 2.05. The first-order valence-corrected chi connectivity index (χ1v) is 6.78. The fourth-order valence-electron chi connectivity index (χ4n) is 2.99. The van der Waals surface area contributed by atoms with Crippen molar-refractivity contribution in [1.29, 1.82) is 0 Å². The summed E-state index contributed by atoms with van der Waals surface area (Å²) >= 11 is 1.78. The van der Waals surface area contributed by atoms with Crippen molar-refractivity contribution in [2.45, 2.75) is 35.3 Å². The minimum Gasteiger partial charge on any atom is -0.477 e. The summed E-state index contributed by atoms with van der Waals surface area (Å²) in [5.74, 6) is -0.859. The Morgan fingerprint density at radius 1 is 1.53 bits per heavy atom. The van der Waals surface area contributed by atoms with E-state index in [1.165, 1.54) is 25.7 Å². The van der Waals surface area contributed by atoms with Crippen molar-refractivity contribution in [3.05, 3.63) is 11.9 Å². The average Bonchev–Trinajstić information content (AvgIpc) is 2.85. The van der Waals surface area contributed by atoms with Crippen molar-refractivity contribution in [3.63, 3.8) is 0 Å². The molecule has 1 fully saturated rings. The molecule has 92 valence electrons. The molecule has 0 amide bonds. The molecule has 4 nitrogen and oxygen atoms in total. The molecule has 0 saturated heterocycles. The van der Waals surface area contributed by atoms with Gasteiger partial charge < -0.3 is 15.0 Å². The molecule has 0 aromatic carbocycles. The number of carboxylic acids is 1. The van der Waals surface area contributed by atoms with E-state index in [4.69, 9.17) is 0 Å². The summed E-state index contributed by atoms with van der Waals surface area (Å²) in [5.41, 5.74) is 1.38. The molecular weight excluding hydrogens is 236 g/mol. The van der Waals surface area contributed by atoms with Crippen LogP contribution in [0, 0.1) is 0 Å². The van der Waals surface area contributed by atoms with E-state index in [1.807, 2.05) is 6.20 Å². The summed E-state index contributed by atoms with van der Waals surface area (Å²) in [6.07, 6.45) is 6.75. The highest BCUT2D eigenvalue weighted by Gasteiger charge is 2.42. The zero-order chi connectivity index (χ0) is 12.0. The van der Waals surface area contributed by atoms with Crippen LogP contribution in [0.5, 0.6) is 0 Å². The van der Waals surface area contributed by atoms with Gasteiger partial charge in [0.2, 0.25) is 0 Å². The summed E-state index contributed by atoms with van der Waals surface area (Å²) in [6, 6.07) is 0. The molecule has 3 rings (SSSR count). The van der Waals surface area contributed by atoms with Gasteiger partial charge in [-0.2, -0.15) is 0 Å². The molecule has 0 unspecified atom stereocenters. The number of aromatic amines is 1. The molecule has 0 radical (unpaired) electrons. The Morgan fingerprint density at radius 2 is 2.24 bits per heavy atom. The fraction of sp³-hybridized carbons (Fsp3) is 0.583. The first kappa shape index (κ1) is 11.0. The van der Waals surface area contributed by atoms with E-state index in [1.54, 1.807) is 11.8 Å². The molecular formula is C12H16N2O2S. The van der Waals surface area contributed by atoms with Gasteiger partial charge in [-0.05, 0) is 12.8 Å². The quantitative estimate of drug-likeness (QED) is 0.806. The minimum absolute atomic E-state index is 0.244. The largest absolute Gasteiger partial charge is 0.477 e. The van der Waals surface area contributed by atoms with Crippen LogP contribution in [0.1, 0.15) is 36.2 Å². The van der Waals surface area contributed by atoms with Crippen molar-refractivity contribution in [1.82, 2.24) is 4.98 Å². The molecule has 2 heterocycles. The standard InChI is InChI=1S/C12H16N2O2S/c1-14-7-12(4-2-3-5-12)17-10-8(14)6-13-9(10)11(15)16/h6,13H,2-5,7H2,1H3,(H,15,16). The Bertz CT molecular complexity index is 463. The van der Waals surface area contributed by atoms with E-state index in [2.05, 4.69) is 16.9 Å². The first-order chi connectivity index (χ1) is 8.11. The van der Waals surface area contributed by atoms with Gasteiger partial charge in [-0.25, -0.2) is 4.79 Å². The average molecular weight is 252 g/mol. The molecule has 1 aliphatic heterocycles. The highest BCUT2D eigenvalue weighted by Crippen LogP contribution is 2.52. The number of carboxylic acid groups (broad SMARTS) is 1. The number of aromatic nitrogens is 1. The second-order valence-electron chi connectivity index (χ2n) is 5.03. The third-order valence-corrected chi connectivity index (χ3v) is 5.38. The van der Waals surface area contributed by atoms with Crippen molar-refractivity contribution < 1.29 is 9.90 Å². The van der Waals surface area contributed by atoms with Crippen molar-refractivity contribution in [2.75, 3.05) is 18.5 Å². The minimum atomic E-state index is -0.859. The molecule has 1 saturated carbocycles. The number of H-pyrrole nitrogens is 1. The second kappa shape index (κ2) is 3.70. The number of carbonyl (C=O) groups is 1. The van der Waals surface area contributed by atoms with Crippen LogP contribution >= 0.6 is 11.8 Å². The van der Waals surface area contributed by atoms with Gasteiger partial charge >= 0.3 is 5.97 Å². The number of aromatic carboxylic acids is 1. The van der Waals surface area contributed by atoms with E-state index in [9.17, 15) is 9.90 Å². The van der Waals surface area contributed by atoms with Crippen LogP contribution in [0.25, 0.3) is 0 Å². The molecule has 1 aromatic rings. The number of hydrogen-bond acceptors (Lipinski definition) is 3. The SMILES string of the molecule is CN1CC2(CCCC2)Sc2c1c[nH]c2C(=O)O. The Labute approximate surface area is 104 Å². The maximum absolute atomic E-state index is 11.2. The van der Waals surface area contributed by atoms with Gasteiger partial charge in [0.15, 0.2) is 0 Å². The normalized spacial score (nSPS) is 21.8. The monoisotopic (exact) mass is 252 g/mol. The number of nitrogens with one attached hydrogen (secondary N) is 1. The summed E-state index contributed by atoms with van der Waals surface area (Å²) in [6.45, 7) is 1.03. The number of rotatable bonds is 1. The molecule has 2 N–H and O–H groups in total. The first-order valence-electron chi connectivity index (χ1n) is 5.96. The Morgan fingerprint density at radius 3 is 2.88 bits per heavy atom. The van der Waals surface area contributed by atoms with Crippen LogP contribution in [0.4, 0.5) is 5.69 Å². The molecule has 0 bridgehead atoms. The summed E-state index contributed by atoms with van der Waals surface area (Å²) in [4.78, 5) is 17.2. The number of thioether (sulfide) groups is 1. The Kier molecular flexibility index (Phi) is 2.40. The predicted molar refractivity (Wildman–Crippen MR) is 68.1 cm³/mol. The smallest absolute Gasteiger partial charge is 0.353 e. The zero-order valence-electron chi connectivity index (χ0n) is 9.82. The Balaban J connectivity index is 2.03. The maximum atomic E-state index is 11.2. The van der Waals surface area contributed by atoms with Crippen molar-refractivity contribution >= 4 is 23.4 Å². The van der Waals surface area contributed by atoms with Gasteiger partial charge in [-0.1, -0.05) is 12.8 Å². The van der Waals surface area contributed by atoms with Crippen LogP contribution in [-0.2, 0) is 0 Å². The highest BCUT2D eigenvalue weighted by molar-refractivity contribution is 8.01. The molecule has 2 aliphatic rings. The van der Waals surface area contributed by atoms with E-state index in [0.717, 1.165) is 17.1 Å². The van der Waals surface area contributed by atoms with E-state index in [-0.39, 0.29) is 4.75 Å². The third-order valence-electron chi connectivity index (χ3n) is 3.80. The molecule has 1 spiro atoms. The summed E-state index contributed by atoms with van der Waals surface area (Å²) < 4.78 is 0.244. The topological polar surface area (TPSA) is 56.3 Å². The number of anilines is 1. The van der Waals surface area contributed by atoms with Crippen LogP contribution in [-0.4, -0.2) is 34.4 Å². The number of nitrogens with zero attached hydrogens (tertiary/aromatic N) is 1. The van der Waals surface area contributed by atoms with Gasteiger partial charge in [0, 0.05) is 24.5 Å². The van der Waals surface area contributed by atoms with Gasteiger partial charge in [-0.3, -0.25) is 0 Å². The fourth-order valence-corrected chi connectivity index (χ4v) is 4.74. The van der Waals surface area contributed by atoms with Crippen LogP contribution in [0.3, 0.4) is 0 Å². The zero-order valence-corrected chi connectivity index (χ0v) is 10.6. The summed E-state index contributed by atoms with van der Waals surface area (Å²) in [5, 5.41) is 9.18. The predicted octanol–water partition coefficient (Wildman–Crippen LogP) is 2.57. The lowest BCUT2D eigenvalue weighted by Crippen LogP contribution is -2.39. The molecule has 1 aromatic heterocycles. The van der Waals surface area contributed by atoms with Gasteiger partial charge in [0.1, 0.15) is 5.69 Å². The van der Waals surface area contributed by atoms with E-state index >= 15 is 0 Å². The van der Waals surface area contributed by atoms with E-state index < -0.39 is 5.97 Å². The third kappa shape index (κ3) is 1.64.